The summed E-state index contributed by atoms with van der Waals surface area (Å²) in [5.74, 6) is -0.293. The molecule has 2 amide bonds. The summed E-state index contributed by atoms with van der Waals surface area (Å²) < 4.78 is 38.3. The van der Waals surface area contributed by atoms with E-state index >= 15 is 0 Å². The molecule has 0 saturated carbocycles. The minimum atomic E-state index is -4.43. The number of alkyl halides is 3. The highest BCUT2D eigenvalue weighted by molar-refractivity contribution is 5.97. The van der Waals surface area contributed by atoms with Crippen molar-refractivity contribution in [3.63, 3.8) is 0 Å². The highest BCUT2D eigenvalue weighted by Gasteiger charge is 2.48. The number of rotatable bonds is 2. The number of hydrogen-bond acceptors (Lipinski definition) is 3. The number of piperazine rings is 1. The molecule has 0 radical (unpaired) electrons. The molecule has 1 atom stereocenters. The molecule has 2 aromatic carbocycles. The summed E-state index contributed by atoms with van der Waals surface area (Å²) in [4.78, 5) is 30.9. The third kappa shape index (κ3) is 3.67. The zero-order valence-corrected chi connectivity index (χ0v) is 16.5. The van der Waals surface area contributed by atoms with E-state index < -0.39 is 11.7 Å². The fraction of sp³-hybridized carbons (Fsp3) is 0.364. The molecule has 8 heteroatoms. The molecule has 158 valence electrons. The predicted octanol–water partition coefficient (Wildman–Crippen LogP) is 3.27. The lowest BCUT2D eigenvalue weighted by molar-refractivity contribution is -0.137. The van der Waals surface area contributed by atoms with E-state index in [-0.39, 0.29) is 29.5 Å². The Balaban J connectivity index is 1.52. The number of amides is 2. The fourth-order valence-electron chi connectivity index (χ4n) is 4.26. The van der Waals surface area contributed by atoms with Gasteiger partial charge in [0.2, 0.25) is 5.91 Å². The normalized spacial score (nSPS) is 22.7. The summed E-state index contributed by atoms with van der Waals surface area (Å²) in [6.45, 7) is 1.61. The fourth-order valence-corrected chi connectivity index (χ4v) is 4.26. The molecule has 2 heterocycles. The Morgan fingerprint density at radius 1 is 1.00 bits per heavy atom. The van der Waals surface area contributed by atoms with Crippen LogP contribution in [0.3, 0.4) is 0 Å². The molecule has 0 bridgehead atoms. The lowest BCUT2D eigenvalue weighted by Gasteiger charge is -2.46. The molecular weight excluding hydrogens is 395 g/mol. The van der Waals surface area contributed by atoms with E-state index in [4.69, 9.17) is 0 Å². The first kappa shape index (κ1) is 20.4. The van der Waals surface area contributed by atoms with Gasteiger partial charge in [-0.2, -0.15) is 13.2 Å². The maximum absolute atomic E-state index is 12.9. The molecule has 1 unspecified atom stereocenters. The molecule has 2 aliphatic heterocycles. The van der Waals surface area contributed by atoms with Gasteiger partial charge in [0.25, 0.3) is 5.91 Å². The van der Waals surface area contributed by atoms with Crippen LogP contribution in [0.5, 0.6) is 0 Å². The van der Waals surface area contributed by atoms with Gasteiger partial charge >= 0.3 is 6.18 Å². The smallest absolute Gasteiger partial charge is 0.337 e. The van der Waals surface area contributed by atoms with Gasteiger partial charge in [-0.25, -0.2) is 0 Å². The van der Waals surface area contributed by atoms with Crippen molar-refractivity contribution in [2.75, 3.05) is 38.1 Å². The Hall–Kier alpha value is -2.87. The summed E-state index contributed by atoms with van der Waals surface area (Å²) >= 11 is 0. The van der Waals surface area contributed by atoms with Crippen molar-refractivity contribution in [3.8, 4) is 0 Å². The summed E-state index contributed by atoms with van der Waals surface area (Å²) in [6.07, 6.45) is -3.75. The van der Waals surface area contributed by atoms with Gasteiger partial charge in [-0.3, -0.25) is 14.5 Å². The number of carbonyl (C=O) groups is 2. The molecule has 0 N–H and O–H groups in total. The van der Waals surface area contributed by atoms with E-state index in [0.717, 1.165) is 17.8 Å². The van der Waals surface area contributed by atoms with Crippen LogP contribution in [0.2, 0.25) is 0 Å². The van der Waals surface area contributed by atoms with Crippen molar-refractivity contribution in [3.05, 3.63) is 65.7 Å². The minimum absolute atomic E-state index is 0.00170. The van der Waals surface area contributed by atoms with Crippen molar-refractivity contribution in [1.29, 1.82) is 0 Å². The Bertz CT molecular complexity index is 946. The van der Waals surface area contributed by atoms with Crippen LogP contribution in [-0.4, -0.2) is 60.4 Å². The zero-order valence-electron chi connectivity index (χ0n) is 16.5. The van der Waals surface area contributed by atoms with Gasteiger partial charge in [0, 0.05) is 30.9 Å². The van der Waals surface area contributed by atoms with E-state index in [1.165, 1.54) is 12.1 Å². The minimum Gasteiger partial charge on any atom is -0.337 e. The van der Waals surface area contributed by atoms with Crippen LogP contribution in [0, 0.1) is 0 Å². The van der Waals surface area contributed by atoms with Gasteiger partial charge in [0.15, 0.2) is 0 Å². The van der Waals surface area contributed by atoms with Crippen molar-refractivity contribution < 1.29 is 22.8 Å². The number of benzene rings is 2. The van der Waals surface area contributed by atoms with Gasteiger partial charge in [-0.05, 0) is 49.9 Å². The molecule has 30 heavy (non-hydrogen) atoms. The molecule has 5 nitrogen and oxygen atoms in total. The summed E-state index contributed by atoms with van der Waals surface area (Å²) in [6, 6.07) is 13.7. The van der Waals surface area contributed by atoms with Crippen LogP contribution in [0.4, 0.5) is 18.9 Å². The summed E-state index contributed by atoms with van der Waals surface area (Å²) in [5, 5.41) is 0. The quantitative estimate of drug-likeness (QED) is 0.754. The first-order valence-electron chi connectivity index (χ1n) is 9.73. The second-order valence-corrected chi connectivity index (χ2v) is 7.95. The second-order valence-electron chi connectivity index (χ2n) is 7.95. The van der Waals surface area contributed by atoms with Crippen LogP contribution >= 0.6 is 0 Å². The third-order valence-corrected chi connectivity index (χ3v) is 6.08. The molecule has 0 aliphatic carbocycles. The van der Waals surface area contributed by atoms with Crippen LogP contribution in [-0.2, 0) is 11.0 Å². The lowest BCUT2D eigenvalue weighted by atomic mass is 9.92. The van der Waals surface area contributed by atoms with Crippen LogP contribution < -0.4 is 4.90 Å². The predicted molar refractivity (Wildman–Crippen MR) is 106 cm³/mol. The lowest BCUT2D eigenvalue weighted by Crippen LogP contribution is -2.64. The molecule has 2 aromatic rings. The topological polar surface area (TPSA) is 43.9 Å². The van der Waals surface area contributed by atoms with Gasteiger partial charge in [-0.15, -0.1) is 0 Å². The molecule has 1 spiro atoms. The van der Waals surface area contributed by atoms with Gasteiger partial charge in [-0.1, -0.05) is 18.2 Å². The summed E-state index contributed by atoms with van der Waals surface area (Å²) in [5.41, 5.74) is -0.108. The van der Waals surface area contributed by atoms with Crippen LogP contribution in [0.1, 0.15) is 22.3 Å². The van der Waals surface area contributed by atoms with Gasteiger partial charge in [0.1, 0.15) is 0 Å². The average Bonchev–Trinajstić information content (AvgIpc) is 3.16. The molecule has 2 fully saturated rings. The SMILES string of the molecule is CN1CC(=O)N(c2ccccc2)CC12CCN(C(=O)c1ccc(C(F)(F)F)cc1)C2. The Morgan fingerprint density at radius 3 is 2.30 bits per heavy atom. The Morgan fingerprint density at radius 2 is 1.67 bits per heavy atom. The van der Waals surface area contributed by atoms with E-state index in [2.05, 4.69) is 0 Å². The maximum atomic E-state index is 12.9. The van der Waals surface area contributed by atoms with Crippen molar-refractivity contribution in [2.24, 2.45) is 0 Å². The number of hydrogen-bond donors (Lipinski definition) is 0. The Kier molecular flexibility index (Phi) is 5.05. The average molecular weight is 417 g/mol. The van der Waals surface area contributed by atoms with Crippen molar-refractivity contribution >= 4 is 17.5 Å². The highest BCUT2D eigenvalue weighted by atomic mass is 19.4. The monoisotopic (exact) mass is 417 g/mol. The zero-order chi connectivity index (χ0) is 21.5. The van der Waals surface area contributed by atoms with Gasteiger partial charge in [0.05, 0.1) is 17.6 Å². The van der Waals surface area contributed by atoms with Crippen LogP contribution in [0.25, 0.3) is 0 Å². The molecule has 4 rings (SSSR count). The molecule has 2 saturated heterocycles. The van der Waals surface area contributed by atoms with Gasteiger partial charge < -0.3 is 9.80 Å². The maximum Gasteiger partial charge on any atom is 0.416 e. The Labute approximate surface area is 172 Å². The largest absolute Gasteiger partial charge is 0.416 e. The number of halogens is 3. The third-order valence-electron chi connectivity index (χ3n) is 6.08. The first-order chi connectivity index (χ1) is 14.2. The van der Waals surface area contributed by atoms with E-state index in [9.17, 15) is 22.8 Å². The first-order valence-corrected chi connectivity index (χ1v) is 9.73. The number of nitrogens with zero attached hydrogens (tertiary/aromatic N) is 3. The molecule has 0 aromatic heterocycles. The van der Waals surface area contributed by atoms with E-state index in [1.54, 1.807) is 9.80 Å². The van der Waals surface area contributed by atoms with E-state index in [0.29, 0.717) is 26.1 Å². The van der Waals surface area contributed by atoms with Crippen LogP contribution in [0.15, 0.2) is 54.6 Å². The standard InChI is InChI=1S/C22H22F3N3O2/c1-26-13-19(29)28(18-5-3-2-4-6-18)15-21(26)11-12-27(14-21)20(30)16-7-9-17(10-8-16)22(23,24)25/h2-10H,11-15H2,1H3. The molecule has 2 aliphatic rings. The number of anilines is 1. The van der Waals surface area contributed by atoms with Crippen molar-refractivity contribution in [1.82, 2.24) is 9.80 Å². The second kappa shape index (κ2) is 7.43. The number of likely N-dealkylation sites (N-methyl/N-ethyl adjacent to an activating group) is 1. The van der Waals surface area contributed by atoms with Crippen molar-refractivity contribution in [2.45, 2.75) is 18.1 Å². The highest BCUT2D eigenvalue weighted by Crippen LogP contribution is 2.34. The molecular formula is C22H22F3N3O2. The number of carbonyl (C=O) groups excluding carboxylic acids is 2. The summed E-state index contributed by atoms with van der Waals surface area (Å²) in [7, 11) is 1.88. The number of likely N-dealkylation sites (tertiary alicyclic amines) is 1. The van der Waals surface area contributed by atoms with E-state index in [1.807, 2.05) is 42.3 Å². The number of para-hydroxylation sites is 1.